The zero-order valence-corrected chi connectivity index (χ0v) is 6.23. The van der Waals surface area contributed by atoms with Crippen molar-refractivity contribution in [1.82, 2.24) is 5.01 Å². The Labute approximate surface area is 64.6 Å². The van der Waals surface area contributed by atoms with Gasteiger partial charge in [0.15, 0.2) is 5.84 Å². The van der Waals surface area contributed by atoms with Crippen LogP contribution in [0.2, 0.25) is 0 Å². The Balaban J connectivity index is 2.81. The summed E-state index contributed by atoms with van der Waals surface area (Å²) >= 11 is 0. The monoisotopic (exact) mass is 151 g/mol. The van der Waals surface area contributed by atoms with E-state index in [2.05, 4.69) is 21.7 Å². The van der Waals surface area contributed by atoms with Gasteiger partial charge in [-0.1, -0.05) is 6.58 Å². The molecule has 0 saturated heterocycles. The highest BCUT2D eigenvalue weighted by molar-refractivity contribution is 6.02. The van der Waals surface area contributed by atoms with Gasteiger partial charge in [0.2, 0.25) is 0 Å². The fourth-order valence-corrected chi connectivity index (χ4v) is 0.614. The molecule has 58 valence electrons. The average molecular weight is 151 g/mol. The number of hydrogen-bond donors (Lipinski definition) is 1. The lowest BCUT2D eigenvalue weighted by Crippen LogP contribution is -2.29. The Kier molecular flexibility index (Phi) is 2.00. The quantitative estimate of drug-likeness (QED) is 0.415. The van der Waals surface area contributed by atoms with Gasteiger partial charge in [-0.25, -0.2) is 10.0 Å². The van der Waals surface area contributed by atoms with E-state index < -0.39 is 0 Å². The average Bonchev–Trinajstić information content (AvgIpc) is 1.99. The lowest BCUT2D eigenvalue weighted by Gasteiger charge is -2.16. The van der Waals surface area contributed by atoms with Crippen LogP contribution in [-0.2, 0) is 0 Å². The van der Waals surface area contributed by atoms with Gasteiger partial charge >= 0.3 is 0 Å². The summed E-state index contributed by atoms with van der Waals surface area (Å²) in [6.45, 7) is 3.66. The first-order chi connectivity index (χ1) is 5.25. The molecule has 1 aliphatic rings. The molecule has 5 nitrogen and oxygen atoms in total. The van der Waals surface area contributed by atoms with E-state index in [1.165, 1.54) is 17.7 Å². The molecular formula is C6H9N5. The molecule has 1 aliphatic heterocycles. The van der Waals surface area contributed by atoms with Crippen LogP contribution in [0.15, 0.2) is 27.4 Å². The van der Waals surface area contributed by atoms with Crippen molar-refractivity contribution in [3.05, 3.63) is 12.3 Å². The standard InChI is InChI=1S/C6H9N5/c1-5-6(7)9-3-10-11(5)4-8-2/h3-4H,1H2,2H3,(H2,7,9,10). The number of hydrogen-bond acceptors (Lipinski definition) is 4. The second-order valence-electron chi connectivity index (χ2n) is 1.91. The fourth-order valence-electron chi connectivity index (χ4n) is 0.614. The Morgan fingerprint density at radius 2 is 2.55 bits per heavy atom. The highest BCUT2D eigenvalue weighted by atomic mass is 15.5. The van der Waals surface area contributed by atoms with Gasteiger partial charge in [0.05, 0.1) is 0 Å². The number of rotatable bonds is 1. The third kappa shape index (κ3) is 1.43. The maximum atomic E-state index is 5.45. The first-order valence-electron chi connectivity index (χ1n) is 3.02. The van der Waals surface area contributed by atoms with E-state index in [4.69, 9.17) is 5.73 Å². The van der Waals surface area contributed by atoms with Crippen molar-refractivity contribution in [1.29, 1.82) is 0 Å². The number of aliphatic imine (C=N–C) groups is 2. The van der Waals surface area contributed by atoms with Crippen LogP contribution in [0, 0.1) is 0 Å². The van der Waals surface area contributed by atoms with E-state index in [1.54, 1.807) is 7.05 Å². The minimum atomic E-state index is 0.361. The van der Waals surface area contributed by atoms with Crippen LogP contribution in [0.1, 0.15) is 0 Å². The first-order valence-corrected chi connectivity index (χ1v) is 3.02. The summed E-state index contributed by atoms with van der Waals surface area (Å²) in [6.07, 6.45) is 2.87. The molecule has 0 unspecified atom stereocenters. The molecule has 0 amide bonds. The molecule has 0 aromatic heterocycles. The number of hydrazone groups is 1. The molecule has 0 saturated carbocycles. The summed E-state index contributed by atoms with van der Waals surface area (Å²) in [5.74, 6) is 0.361. The van der Waals surface area contributed by atoms with E-state index in [0.29, 0.717) is 11.5 Å². The molecule has 0 fully saturated rings. The van der Waals surface area contributed by atoms with Crippen LogP contribution < -0.4 is 5.73 Å². The zero-order chi connectivity index (χ0) is 8.27. The minimum absolute atomic E-state index is 0.361. The molecule has 2 N–H and O–H groups in total. The molecule has 1 rings (SSSR count). The molecular weight excluding hydrogens is 142 g/mol. The molecule has 0 aromatic carbocycles. The maximum Gasteiger partial charge on any atom is 0.150 e. The fraction of sp³-hybridized carbons (Fsp3) is 0.167. The largest absolute Gasteiger partial charge is 0.382 e. The van der Waals surface area contributed by atoms with Crippen molar-refractivity contribution in [3.63, 3.8) is 0 Å². The summed E-state index contributed by atoms with van der Waals surface area (Å²) < 4.78 is 0. The van der Waals surface area contributed by atoms with Crippen molar-refractivity contribution >= 4 is 18.5 Å². The van der Waals surface area contributed by atoms with Crippen LogP contribution in [0.3, 0.4) is 0 Å². The highest BCUT2D eigenvalue weighted by Crippen LogP contribution is 2.02. The zero-order valence-electron chi connectivity index (χ0n) is 6.23. The Hall–Kier alpha value is -1.65. The predicted octanol–water partition coefficient (Wildman–Crippen LogP) is -0.226. The number of nitrogens with two attached hydrogens (primary N) is 1. The Morgan fingerprint density at radius 3 is 3.18 bits per heavy atom. The molecule has 0 spiro atoms. The van der Waals surface area contributed by atoms with Crippen LogP contribution in [0.25, 0.3) is 0 Å². The molecule has 0 aromatic rings. The minimum Gasteiger partial charge on any atom is -0.382 e. The number of amidine groups is 1. The van der Waals surface area contributed by atoms with E-state index in [-0.39, 0.29) is 0 Å². The summed E-state index contributed by atoms with van der Waals surface area (Å²) in [7, 11) is 1.64. The van der Waals surface area contributed by atoms with E-state index in [9.17, 15) is 0 Å². The SMILES string of the molecule is C=C1C(N)=NC=NN1C=NC. The van der Waals surface area contributed by atoms with Crippen LogP contribution in [-0.4, -0.2) is 30.6 Å². The van der Waals surface area contributed by atoms with Gasteiger partial charge in [-0.05, 0) is 0 Å². The van der Waals surface area contributed by atoms with Gasteiger partial charge in [0.25, 0.3) is 0 Å². The van der Waals surface area contributed by atoms with Gasteiger partial charge < -0.3 is 5.73 Å². The second-order valence-corrected chi connectivity index (χ2v) is 1.91. The van der Waals surface area contributed by atoms with Gasteiger partial charge in [-0.15, -0.1) is 0 Å². The van der Waals surface area contributed by atoms with Crippen molar-refractivity contribution in [2.45, 2.75) is 0 Å². The number of nitrogens with zero attached hydrogens (tertiary/aromatic N) is 4. The first kappa shape index (κ1) is 7.46. The molecule has 11 heavy (non-hydrogen) atoms. The topological polar surface area (TPSA) is 66.3 Å². The molecule has 0 aliphatic carbocycles. The molecule has 0 atom stereocenters. The van der Waals surface area contributed by atoms with Gasteiger partial charge in [-0.3, -0.25) is 4.99 Å². The summed E-state index contributed by atoms with van der Waals surface area (Å²) in [4.78, 5) is 7.50. The van der Waals surface area contributed by atoms with Gasteiger partial charge in [0, 0.05) is 7.05 Å². The molecule has 0 bridgehead atoms. The van der Waals surface area contributed by atoms with E-state index in [1.807, 2.05) is 0 Å². The van der Waals surface area contributed by atoms with Crippen molar-refractivity contribution < 1.29 is 0 Å². The van der Waals surface area contributed by atoms with Crippen molar-refractivity contribution in [2.75, 3.05) is 7.05 Å². The van der Waals surface area contributed by atoms with Crippen LogP contribution in [0.5, 0.6) is 0 Å². The summed E-state index contributed by atoms with van der Waals surface area (Å²) in [5.41, 5.74) is 5.99. The van der Waals surface area contributed by atoms with Crippen LogP contribution >= 0.6 is 0 Å². The van der Waals surface area contributed by atoms with Crippen molar-refractivity contribution in [3.8, 4) is 0 Å². The molecule has 5 heteroatoms. The summed E-state index contributed by atoms with van der Waals surface area (Å²) in [6, 6.07) is 0. The lowest BCUT2D eigenvalue weighted by molar-refractivity contribution is 0.592. The molecule has 0 radical (unpaired) electrons. The molecule has 1 heterocycles. The smallest absolute Gasteiger partial charge is 0.150 e. The van der Waals surface area contributed by atoms with Crippen LogP contribution in [0.4, 0.5) is 0 Å². The lowest BCUT2D eigenvalue weighted by atomic mass is 10.4. The second kappa shape index (κ2) is 2.96. The third-order valence-corrected chi connectivity index (χ3v) is 1.17. The van der Waals surface area contributed by atoms with Crippen molar-refractivity contribution in [2.24, 2.45) is 20.8 Å². The van der Waals surface area contributed by atoms with E-state index >= 15 is 0 Å². The predicted molar refractivity (Wildman–Crippen MR) is 45.5 cm³/mol. The summed E-state index contributed by atoms with van der Waals surface area (Å²) in [5, 5.41) is 5.30. The highest BCUT2D eigenvalue weighted by Gasteiger charge is 2.09. The normalized spacial score (nSPS) is 17.7. The van der Waals surface area contributed by atoms with Gasteiger partial charge in [-0.2, -0.15) is 5.10 Å². The Morgan fingerprint density at radius 1 is 1.82 bits per heavy atom. The van der Waals surface area contributed by atoms with Gasteiger partial charge in [0.1, 0.15) is 18.4 Å². The Bertz CT molecular complexity index is 250. The van der Waals surface area contributed by atoms with E-state index in [0.717, 1.165) is 0 Å². The third-order valence-electron chi connectivity index (χ3n) is 1.17. The maximum absolute atomic E-state index is 5.45.